The van der Waals surface area contributed by atoms with Gasteiger partial charge in [0.25, 0.3) is 0 Å². The highest BCUT2D eigenvalue weighted by atomic mass is 16.6. The number of azide groups is 4. The fourth-order valence-electron chi connectivity index (χ4n) is 2.06. The number of nitroso groups, excluding NO2 is 1. The van der Waals surface area contributed by atoms with E-state index >= 15 is 0 Å². The highest BCUT2D eigenvalue weighted by molar-refractivity contribution is 5.86. The molecule has 0 rings (SSSR count). The van der Waals surface area contributed by atoms with E-state index in [0.717, 1.165) is 0 Å². The van der Waals surface area contributed by atoms with E-state index in [1.54, 1.807) is 0 Å². The number of hydrogen-bond donors (Lipinski definition) is 1. The topological polar surface area (TPSA) is 322 Å². The summed E-state index contributed by atoms with van der Waals surface area (Å²) in [6.07, 6.45) is -1.68. The van der Waals surface area contributed by atoms with Crippen molar-refractivity contribution in [3.05, 3.63) is 46.7 Å². The SMILES string of the molecule is [N-]=[N+]=NCN(C(=O)OC(CN=[N+]=[N-])(CN=[N+]=[N-])CN=[N+]=[N-])C(CCN=NN)C(=O)N=O. The second kappa shape index (κ2) is 15.1. The molecule has 2 amide bonds. The highest BCUT2D eigenvalue weighted by Crippen LogP contribution is 2.19. The third-order valence-electron chi connectivity index (χ3n) is 3.42. The molecule has 0 aliphatic carbocycles. The molecule has 21 nitrogen and oxygen atoms in total. The molecule has 0 saturated heterocycles. The molecule has 0 bridgehead atoms. The van der Waals surface area contributed by atoms with E-state index in [2.05, 4.69) is 55.6 Å². The van der Waals surface area contributed by atoms with Gasteiger partial charge in [-0.2, -0.15) is 5.11 Å². The Balaban J connectivity index is 6.17. The van der Waals surface area contributed by atoms with Crippen LogP contribution in [0, 0.1) is 4.91 Å². The molecular weight excluding hydrogens is 422 g/mol. The summed E-state index contributed by atoms with van der Waals surface area (Å²) >= 11 is 0. The van der Waals surface area contributed by atoms with Crippen molar-refractivity contribution < 1.29 is 14.3 Å². The summed E-state index contributed by atoms with van der Waals surface area (Å²) in [5, 5.41) is 21.5. The van der Waals surface area contributed by atoms with Gasteiger partial charge < -0.3 is 10.6 Å². The van der Waals surface area contributed by atoms with Gasteiger partial charge in [0.15, 0.2) is 0 Å². The molecule has 0 aromatic carbocycles. The number of rotatable bonds is 14. The lowest BCUT2D eigenvalue weighted by Gasteiger charge is -2.34. The molecule has 0 aliphatic rings. The average Bonchev–Trinajstić information content (AvgIpc) is 2.78. The Morgan fingerprint density at radius 1 is 0.968 bits per heavy atom. The van der Waals surface area contributed by atoms with E-state index in [-0.39, 0.29) is 13.0 Å². The minimum Gasteiger partial charge on any atom is -0.442 e. The minimum atomic E-state index is -1.95. The van der Waals surface area contributed by atoms with Crippen molar-refractivity contribution in [3.63, 3.8) is 0 Å². The van der Waals surface area contributed by atoms with Crippen LogP contribution >= 0.6 is 0 Å². The molecule has 0 saturated carbocycles. The molecule has 31 heavy (non-hydrogen) atoms. The first-order valence-electron chi connectivity index (χ1n) is 7.92. The first-order chi connectivity index (χ1) is 14.9. The number of carbonyl (C=O) groups excluding carboxylic acids is 2. The maximum absolute atomic E-state index is 12.8. The summed E-state index contributed by atoms with van der Waals surface area (Å²) in [6.45, 7) is -2.90. The van der Waals surface area contributed by atoms with E-state index in [4.69, 9.17) is 32.7 Å². The van der Waals surface area contributed by atoms with Crippen molar-refractivity contribution in [3.8, 4) is 0 Å². The normalized spacial score (nSPS) is 12.5. The zero-order chi connectivity index (χ0) is 23.5. The quantitative estimate of drug-likeness (QED) is 0.106. The van der Waals surface area contributed by atoms with Crippen LogP contribution in [0.25, 0.3) is 41.8 Å². The van der Waals surface area contributed by atoms with Crippen LogP contribution in [0.3, 0.4) is 0 Å². The van der Waals surface area contributed by atoms with E-state index in [1.807, 2.05) is 0 Å². The largest absolute Gasteiger partial charge is 0.442 e. The second-order valence-electron chi connectivity index (χ2n) is 5.27. The molecule has 0 aromatic rings. The number of ether oxygens (including phenoxy) is 1. The molecule has 21 heteroatoms. The molecule has 2 N–H and O–H groups in total. The first-order valence-corrected chi connectivity index (χ1v) is 7.92. The van der Waals surface area contributed by atoms with E-state index < -0.39 is 49.9 Å². The lowest BCUT2D eigenvalue weighted by atomic mass is 10.1. The number of carbonyl (C=O) groups is 2. The Bertz CT molecular complexity index is 810. The van der Waals surface area contributed by atoms with Crippen molar-refractivity contribution in [2.45, 2.75) is 18.1 Å². The van der Waals surface area contributed by atoms with E-state index in [1.165, 1.54) is 0 Å². The van der Waals surface area contributed by atoms with E-state index in [0.29, 0.717) is 4.90 Å². The molecule has 0 heterocycles. The molecule has 0 aromatic heterocycles. The second-order valence-corrected chi connectivity index (χ2v) is 5.27. The predicted molar refractivity (Wildman–Crippen MR) is 100 cm³/mol. The number of amides is 2. The van der Waals surface area contributed by atoms with Crippen LogP contribution in [0.15, 0.2) is 36.0 Å². The molecular formula is C10H15N17O4. The van der Waals surface area contributed by atoms with Gasteiger partial charge >= 0.3 is 12.0 Å². The minimum absolute atomic E-state index is 0.218. The number of hydrogen-bond acceptors (Lipinski definition) is 10. The Morgan fingerprint density at radius 2 is 1.48 bits per heavy atom. The zero-order valence-electron chi connectivity index (χ0n) is 15.7. The van der Waals surface area contributed by atoms with E-state index in [9.17, 15) is 14.5 Å². The third-order valence-corrected chi connectivity index (χ3v) is 3.42. The van der Waals surface area contributed by atoms with Crippen molar-refractivity contribution in [1.29, 1.82) is 0 Å². The van der Waals surface area contributed by atoms with Crippen molar-refractivity contribution in [2.75, 3.05) is 32.8 Å². The van der Waals surface area contributed by atoms with Gasteiger partial charge in [0.1, 0.15) is 18.3 Å². The first kappa shape index (κ1) is 26.2. The van der Waals surface area contributed by atoms with Gasteiger partial charge in [-0.3, -0.25) is 9.69 Å². The summed E-state index contributed by atoms with van der Waals surface area (Å²) in [5.41, 5.74) is 32.3. The van der Waals surface area contributed by atoms with Crippen LogP contribution in [0.1, 0.15) is 6.42 Å². The maximum Gasteiger partial charge on any atom is 0.411 e. The molecule has 0 fully saturated rings. The molecule has 0 radical (unpaired) electrons. The number of nitrogens with two attached hydrogens (primary N) is 1. The van der Waals surface area contributed by atoms with Gasteiger partial charge in [0.2, 0.25) is 0 Å². The van der Waals surface area contributed by atoms with Gasteiger partial charge in [-0.1, -0.05) is 25.7 Å². The fourth-order valence-corrected chi connectivity index (χ4v) is 2.06. The van der Waals surface area contributed by atoms with Crippen molar-refractivity contribution in [2.24, 2.45) is 41.8 Å². The van der Waals surface area contributed by atoms with Crippen LogP contribution in [-0.2, 0) is 9.53 Å². The van der Waals surface area contributed by atoms with Gasteiger partial charge in [-0.15, -0.1) is 4.91 Å². The smallest absolute Gasteiger partial charge is 0.411 e. The van der Waals surface area contributed by atoms with Gasteiger partial charge in [0, 0.05) is 24.8 Å². The predicted octanol–water partition coefficient (Wildman–Crippen LogP) is 2.74. The van der Waals surface area contributed by atoms with Gasteiger partial charge in [0.05, 0.1) is 26.2 Å². The van der Waals surface area contributed by atoms with Crippen LogP contribution < -0.4 is 5.84 Å². The maximum atomic E-state index is 12.8. The standard InChI is InChI=1S/C10H15N17O4/c11-22-16-2-1-7(8(28)21-30)27(6-20-26-15)9(29)31-10(3-17-23-12,4-18-24-13)5-19-25-14/h7H,1-6H2,(H2,11,16). The molecule has 0 aliphatic heterocycles. The van der Waals surface area contributed by atoms with Crippen molar-refractivity contribution >= 4 is 12.0 Å². The third kappa shape index (κ3) is 9.28. The Labute approximate surface area is 171 Å². The van der Waals surface area contributed by atoms with Gasteiger partial charge in [-0.25, -0.2) is 4.79 Å². The van der Waals surface area contributed by atoms with Crippen molar-refractivity contribution in [1.82, 2.24) is 4.90 Å². The summed E-state index contributed by atoms with van der Waals surface area (Å²) in [5.74, 6) is 3.53. The molecule has 1 unspecified atom stereocenters. The summed E-state index contributed by atoms with van der Waals surface area (Å²) in [4.78, 5) is 46.0. The van der Waals surface area contributed by atoms with Crippen LogP contribution in [0.2, 0.25) is 0 Å². The number of nitrogens with zero attached hydrogens (tertiary/aromatic N) is 16. The summed E-state index contributed by atoms with van der Waals surface area (Å²) < 4.78 is 5.22. The molecule has 1 atom stereocenters. The van der Waals surface area contributed by atoms with Crippen LogP contribution in [0.5, 0.6) is 0 Å². The Kier molecular flexibility index (Phi) is 12.8. The molecule has 0 spiro atoms. The fraction of sp³-hybridized carbons (Fsp3) is 0.800. The Morgan fingerprint density at radius 3 is 1.90 bits per heavy atom. The van der Waals surface area contributed by atoms with Crippen LogP contribution in [-0.4, -0.2) is 61.4 Å². The summed E-state index contributed by atoms with van der Waals surface area (Å²) in [6, 6.07) is -1.60. The average molecular weight is 437 g/mol. The van der Waals surface area contributed by atoms with Crippen LogP contribution in [0.4, 0.5) is 4.79 Å². The highest BCUT2D eigenvalue weighted by Gasteiger charge is 2.38. The lowest BCUT2D eigenvalue weighted by Crippen LogP contribution is -2.51. The van der Waals surface area contributed by atoms with Gasteiger partial charge in [-0.05, 0) is 28.5 Å². The molecule has 164 valence electrons. The monoisotopic (exact) mass is 437 g/mol. The Hall–Kier alpha value is -4.82. The summed E-state index contributed by atoms with van der Waals surface area (Å²) in [7, 11) is 0. The lowest BCUT2D eigenvalue weighted by molar-refractivity contribution is -0.123. The zero-order valence-corrected chi connectivity index (χ0v) is 15.7.